The minimum absolute atomic E-state index is 0.0169. The number of fused-ring (bicyclic) bond motifs is 1. The summed E-state index contributed by atoms with van der Waals surface area (Å²) in [6.07, 6.45) is 0.726. The zero-order valence-corrected chi connectivity index (χ0v) is 17.6. The molecule has 0 bridgehead atoms. The zero-order chi connectivity index (χ0) is 21.0. The van der Waals surface area contributed by atoms with Crippen LogP contribution in [0.15, 0.2) is 47.4 Å². The highest BCUT2D eigenvalue weighted by Gasteiger charge is 2.24. The molecule has 1 aliphatic heterocycles. The van der Waals surface area contributed by atoms with Gasteiger partial charge in [0.25, 0.3) is 0 Å². The fourth-order valence-corrected chi connectivity index (χ4v) is 4.11. The molecule has 0 saturated carbocycles. The fraction of sp³-hybridized carbons (Fsp3) is 0.381. The number of carbonyl (C=O) groups is 1. The summed E-state index contributed by atoms with van der Waals surface area (Å²) in [6, 6.07) is 11.0. The number of hydrogen-bond acceptors (Lipinski definition) is 5. The maximum Gasteiger partial charge on any atom is 0.242 e. The van der Waals surface area contributed by atoms with Gasteiger partial charge in [0.2, 0.25) is 15.9 Å². The van der Waals surface area contributed by atoms with Crippen molar-refractivity contribution in [2.75, 3.05) is 18.5 Å². The van der Waals surface area contributed by atoms with Crippen LogP contribution in [0.4, 0.5) is 5.69 Å². The van der Waals surface area contributed by atoms with E-state index in [0.717, 1.165) is 12.0 Å². The van der Waals surface area contributed by atoms with Crippen LogP contribution < -0.4 is 19.5 Å². The first-order valence-electron chi connectivity index (χ1n) is 9.59. The van der Waals surface area contributed by atoms with Crippen LogP contribution in [0.2, 0.25) is 0 Å². The molecule has 1 amide bonds. The predicted octanol–water partition coefficient (Wildman–Crippen LogP) is 3.28. The average Bonchev–Trinajstić information content (AvgIpc) is 2.92. The SMILES string of the molecule is CC(C)c1cccc(NC(=O)[C@@H](C)NS(=O)(=O)c2ccc3c(c2)OCCCO3)c1. The Labute approximate surface area is 171 Å². The van der Waals surface area contributed by atoms with Gasteiger partial charge >= 0.3 is 0 Å². The second-order valence-corrected chi connectivity index (χ2v) is 8.99. The van der Waals surface area contributed by atoms with E-state index < -0.39 is 22.0 Å². The largest absolute Gasteiger partial charge is 0.490 e. The minimum atomic E-state index is -3.91. The molecule has 0 radical (unpaired) electrons. The Balaban J connectivity index is 1.70. The lowest BCUT2D eigenvalue weighted by molar-refractivity contribution is -0.117. The van der Waals surface area contributed by atoms with Gasteiger partial charge in [-0.25, -0.2) is 8.42 Å². The Morgan fingerprint density at radius 2 is 1.72 bits per heavy atom. The number of sulfonamides is 1. The summed E-state index contributed by atoms with van der Waals surface area (Å²) in [5.74, 6) is 0.774. The molecule has 0 saturated heterocycles. The number of amides is 1. The van der Waals surface area contributed by atoms with Crippen LogP contribution in [0, 0.1) is 0 Å². The van der Waals surface area contributed by atoms with Crippen LogP contribution in [0.5, 0.6) is 11.5 Å². The normalized spacial score (nSPS) is 14.9. The molecule has 2 aromatic rings. The molecule has 156 valence electrons. The third-order valence-corrected chi connectivity index (χ3v) is 6.11. The lowest BCUT2D eigenvalue weighted by Crippen LogP contribution is -2.41. The molecule has 29 heavy (non-hydrogen) atoms. The number of nitrogens with one attached hydrogen (secondary N) is 2. The summed E-state index contributed by atoms with van der Waals surface area (Å²) in [7, 11) is -3.91. The monoisotopic (exact) mass is 418 g/mol. The van der Waals surface area contributed by atoms with Crippen molar-refractivity contribution in [3.8, 4) is 11.5 Å². The number of hydrogen-bond donors (Lipinski definition) is 2. The molecule has 2 aromatic carbocycles. The van der Waals surface area contributed by atoms with Gasteiger partial charge in [0.15, 0.2) is 11.5 Å². The highest BCUT2D eigenvalue weighted by Crippen LogP contribution is 2.32. The summed E-state index contributed by atoms with van der Waals surface area (Å²) in [5.41, 5.74) is 1.71. The van der Waals surface area contributed by atoms with E-state index in [2.05, 4.69) is 23.9 Å². The molecule has 7 nitrogen and oxygen atoms in total. The number of ether oxygens (including phenoxy) is 2. The molecule has 0 spiro atoms. The van der Waals surface area contributed by atoms with E-state index in [0.29, 0.717) is 36.3 Å². The van der Waals surface area contributed by atoms with Crippen molar-refractivity contribution in [3.05, 3.63) is 48.0 Å². The molecule has 0 unspecified atom stereocenters. The maximum absolute atomic E-state index is 12.7. The van der Waals surface area contributed by atoms with E-state index in [1.807, 2.05) is 18.2 Å². The topological polar surface area (TPSA) is 93.7 Å². The van der Waals surface area contributed by atoms with Crippen LogP contribution >= 0.6 is 0 Å². The first-order chi connectivity index (χ1) is 13.8. The molecule has 0 fully saturated rings. The number of benzene rings is 2. The average molecular weight is 419 g/mol. The van der Waals surface area contributed by atoms with Gasteiger partial charge in [-0.05, 0) is 42.7 Å². The van der Waals surface area contributed by atoms with E-state index in [1.165, 1.54) is 19.1 Å². The van der Waals surface area contributed by atoms with Crippen LogP contribution in [0.3, 0.4) is 0 Å². The van der Waals surface area contributed by atoms with Gasteiger partial charge in [-0.15, -0.1) is 0 Å². The second kappa shape index (κ2) is 8.84. The number of rotatable bonds is 6. The maximum atomic E-state index is 12.7. The molecule has 1 aliphatic rings. The second-order valence-electron chi connectivity index (χ2n) is 7.27. The van der Waals surface area contributed by atoms with Gasteiger partial charge < -0.3 is 14.8 Å². The molecule has 1 atom stereocenters. The van der Waals surface area contributed by atoms with Gasteiger partial charge in [-0.3, -0.25) is 4.79 Å². The van der Waals surface area contributed by atoms with Crippen LogP contribution in [-0.4, -0.2) is 33.6 Å². The van der Waals surface area contributed by atoms with Crippen molar-refractivity contribution in [2.24, 2.45) is 0 Å². The molecule has 1 heterocycles. The van der Waals surface area contributed by atoms with Gasteiger partial charge in [0, 0.05) is 18.2 Å². The van der Waals surface area contributed by atoms with E-state index in [4.69, 9.17) is 9.47 Å². The molecular weight excluding hydrogens is 392 g/mol. The third-order valence-electron chi connectivity index (χ3n) is 4.58. The molecular formula is C21H26N2O5S. The fourth-order valence-electron chi connectivity index (χ4n) is 2.89. The Morgan fingerprint density at radius 1 is 1.00 bits per heavy atom. The molecule has 2 N–H and O–H groups in total. The number of carbonyl (C=O) groups excluding carboxylic acids is 1. The van der Waals surface area contributed by atoms with Gasteiger partial charge in [0.1, 0.15) is 0 Å². The Bertz CT molecular complexity index is 988. The quantitative estimate of drug-likeness (QED) is 0.751. The summed E-state index contributed by atoms with van der Waals surface area (Å²) in [4.78, 5) is 12.5. The van der Waals surface area contributed by atoms with E-state index in [9.17, 15) is 13.2 Å². The van der Waals surface area contributed by atoms with Crippen LogP contribution in [0.25, 0.3) is 0 Å². The highest BCUT2D eigenvalue weighted by molar-refractivity contribution is 7.89. The van der Waals surface area contributed by atoms with Crippen molar-refractivity contribution in [1.29, 1.82) is 0 Å². The lowest BCUT2D eigenvalue weighted by atomic mass is 10.0. The van der Waals surface area contributed by atoms with Crippen molar-refractivity contribution in [1.82, 2.24) is 4.72 Å². The van der Waals surface area contributed by atoms with E-state index in [1.54, 1.807) is 12.1 Å². The smallest absolute Gasteiger partial charge is 0.242 e. The molecule has 0 aromatic heterocycles. The molecule has 0 aliphatic carbocycles. The van der Waals surface area contributed by atoms with Crippen LogP contribution in [-0.2, 0) is 14.8 Å². The summed E-state index contributed by atoms with van der Waals surface area (Å²) in [6.45, 7) is 6.60. The molecule has 3 rings (SSSR count). The summed E-state index contributed by atoms with van der Waals surface area (Å²) >= 11 is 0. The Morgan fingerprint density at radius 3 is 2.45 bits per heavy atom. The third kappa shape index (κ3) is 5.27. The van der Waals surface area contributed by atoms with E-state index in [-0.39, 0.29) is 4.90 Å². The van der Waals surface area contributed by atoms with Crippen LogP contribution in [0.1, 0.15) is 38.7 Å². The minimum Gasteiger partial charge on any atom is -0.490 e. The summed E-state index contributed by atoms with van der Waals surface area (Å²) < 4.78 is 38.9. The van der Waals surface area contributed by atoms with Gasteiger partial charge in [-0.1, -0.05) is 26.0 Å². The highest BCUT2D eigenvalue weighted by atomic mass is 32.2. The summed E-state index contributed by atoms with van der Waals surface area (Å²) in [5, 5.41) is 2.76. The predicted molar refractivity (Wildman–Crippen MR) is 111 cm³/mol. The van der Waals surface area contributed by atoms with Crippen molar-refractivity contribution in [3.63, 3.8) is 0 Å². The lowest BCUT2D eigenvalue weighted by Gasteiger charge is -2.16. The zero-order valence-electron chi connectivity index (χ0n) is 16.8. The standard InChI is InChI=1S/C21H26N2O5S/c1-14(2)16-6-4-7-17(12-16)22-21(24)15(3)23-29(25,26)18-8-9-19-20(13-18)28-11-5-10-27-19/h4,6-9,12-15,23H,5,10-11H2,1-3H3,(H,22,24)/t15-/m1/s1. The molecule has 8 heteroatoms. The van der Waals surface area contributed by atoms with Crippen molar-refractivity contribution in [2.45, 2.75) is 44.0 Å². The Kier molecular flexibility index (Phi) is 6.44. The number of anilines is 1. The first kappa shape index (κ1) is 21.1. The van der Waals surface area contributed by atoms with Gasteiger partial charge in [-0.2, -0.15) is 4.72 Å². The van der Waals surface area contributed by atoms with Crippen molar-refractivity contribution >= 4 is 21.6 Å². The van der Waals surface area contributed by atoms with Crippen molar-refractivity contribution < 1.29 is 22.7 Å². The van der Waals surface area contributed by atoms with E-state index >= 15 is 0 Å². The van der Waals surface area contributed by atoms with Gasteiger partial charge in [0.05, 0.1) is 24.2 Å². The Hall–Kier alpha value is -2.58. The first-order valence-corrected chi connectivity index (χ1v) is 11.1.